The molecule has 0 aromatic heterocycles. The number of thioether (sulfide) groups is 1. The molecule has 0 bridgehead atoms. The van der Waals surface area contributed by atoms with Gasteiger partial charge in [-0.15, -0.1) is 35.7 Å². The molecule has 0 heterocycles. The number of hydrogen-bond acceptors (Lipinski definition) is 5. The summed E-state index contributed by atoms with van der Waals surface area (Å²) >= 11 is 1.83. The van der Waals surface area contributed by atoms with Crippen LogP contribution in [0.3, 0.4) is 0 Å². The summed E-state index contributed by atoms with van der Waals surface area (Å²) in [4.78, 5) is 5.96. The molecule has 0 aliphatic carbocycles. The molecule has 0 amide bonds. The van der Waals surface area contributed by atoms with Gasteiger partial charge in [-0.2, -0.15) is 0 Å². The van der Waals surface area contributed by atoms with Crippen LogP contribution in [0.2, 0.25) is 0 Å². The van der Waals surface area contributed by atoms with Gasteiger partial charge in [-0.05, 0) is 31.5 Å². The summed E-state index contributed by atoms with van der Waals surface area (Å²) in [6, 6.07) is 14.3. The van der Waals surface area contributed by atoms with Gasteiger partial charge in [-0.25, -0.2) is 0 Å². The molecule has 6 nitrogen and oxygen atoms in total. The summed E-state index contributed by atoms with van der Waals surface area (Å²) in [5.74, 6) is 3.75. The van der Waals surface area contributed by atoms with Crippen LogP contribution in [0.15, 0.2) is 52.4 Å². The van der Waals surface area contributed by atoms with Gasteiger partial charge in [0.15, 0.2) is 17.5 Å². The zero-order chi connectivity index (χ0) is 20.9. The standard InChI is InChI=1S/C22H31N3O3S.HI/c1-5-23-22(25-15-16-29-18-9-7-6-8-10-18)24-14-13-17-11-12-19(26-2)21(28-4)20(17)27-3;/h6-12H,5,13-16H2,1-4H3,(H2,23,24,25);1H. The van der Waals surface area contributed by atoms with E-state index in [4.69, 9.17) is 14.2 Å². The molecule has 0 fully saturated rings. The van der Waals surface area contributed by atoms with Gasteiger partial charge in [-0.3, -0.25) is 4.99 Å². The number of halogens is 1. The maximum atomic E-state index is 5.55. The smallest absolute Gasteiger partial charge is 0.203 e. The molecule has 2 aromatic carbocycles. The van der Waals surface area contributed by atoms with Crippen LogP contribution in [0, 0.1) is 0 Å². The lowest BCUT2D eigenvalue weighted by Crippen LogP contribution is -2.38. The zero-order valence-corrected chi connectivity index (χ0v) is 21.2. The fourth-order valence-corrected chi connectivity index (χ4v) is 3.63. The Morgan fingerprint density at radius 1 is 0.933 bits per heavy atom. The lowest BCUT2D eigenvalue weighted by Gasteiger charge is -2.15. The topological polar surface area (TPSA) is 64.1 Å². The number of nitrogens with zero attached hydrogens (tertiary/aromatic N) is 1. The van der Waals surface area contributed by atoms with Crippen molar-refractivity contribution in [2.75, 3.05) is 46.7 Å². The largest absolute Gasteiger partial charge is 0.493 e. The average Bonchev–Trinajstić information content (AvgIpc) is 2.76. The number of hydrogen-bond donors (Lipinski definition) is 2. The Morgan fingerprint density at radius 3 is 2.30 bits per heavy atom. The second-order valence-corrected chi connectivity index (χ2v) is 7.26. The Balaban J connectivity index is 0.00000450. The van der Waals surface area contributed by atoms with Crippen molar-refractivity contribution in [1.82, 2.24) is 10.6 Å². The van der Waals surface area contributed by atoms with Crippen molar-refractivity contribution in [3.8, 4) is 17.2 Å². The van der Waals surface area contributed by atoms with Crippen LogP contribution in [0.25, 0.3) is 0 Å². The quantitative estimate of drug-likeness (QED) is 0.145. The van der Waals surface area contributed by atoms with Crippen molar-refractivity contribution in [3.63, 3.8) is 0 Å². The van der Waals surface area contributed by atoms with Crippen LogP contribution in [-0.2, 0) is 6.42 Å². The van der Waals surface area contributed by atoms with Crippen LogP contribution in [-0.4, -0.2) is 52.7 Å². The summed E-state index contributed by atoms with van der Waals surface area (Å²) in [6.07, 6.45) is 0.735. The van der Waals surface area contributed by atoms with Crippen LogP contribution >= 0.6 is 35.7 Å². The van der Waals surface area contributed by atoms with Gasteiger partial charge in [0.05, 0.1) is 21.3 Å². The van der Waals surface area contributed by atoms with Gasteiger partial charge < -0.3 is 24.8 Å². The monoisotopic (exact) mass is 545 g/mol. The van der Waals surface area contributed by atoms with Gasteiger partial charge in [-0.1, -0.05) is 24.3 Å². The van der Waals surface area contributed by atoms with Gasteiger partial charge >= 0.3 is 0 Å². The molecule has 8 heteroatoms. The van der Waals surface area contributed by atoms with Crippen molar-refractivity contribution in [2.45, 2.75) is 18.2 Å². The van der Waals surface area contributed by atoms with Gasteiger partial charge in [0, 0.05) is 35.8 Å². The SMILES string of the molecule is CCNC(=NCCc1ccc(OC)c(OC)c1OC)NCCSc1ccccc1.I. The Hall–Kier alpha value is -1.81. The molecular formula is C22H32IN3O3S. The van der Waals surface area contributed by atoms with E-state index < -0.39 is 0 Å². The van der Waals surface area contributed by atoms with Crippen LogP contribution in [0.5, 0.6) is 17.2 Å². The Labute approximate surface area is 201 Å². The maximum absolute atomic E-state index is 5.55. The molecule has 0 unspecified atom stereocenters. The third-order valence-electron chi connectivity index (χ3n) is 4.19. The fourth-order valence-electron chi connectivity index (χ4n) is 2.85. The molecule has 0 radical (unpaired) electrons. The van der Waals surface area contributed by atoms with Crippen LogP contribution in [0.4, 0.5) is 0 Å². The summed E-state index contributed by atoms with van der Waals surface area (Å²) in [6.45, 7) is 4.35. The third kappa shape index (κ3) is 8.14. The van der Waals surface area contributed by atoms with E-state index in [1.165, 1.54) is 4.90 Å². The van der Waals surface area contributed by atoms with E-state index in [0.29, 0.717) is 23.8 Å². The molecule has 2 rings (SSSR count). The minimum absolute atomic E-state index is 0. The number of methoxy groups -OCH3 is 3. The van der Waals surface area contributed by atoms with E-state index in [1.54, 1.807) is 21.3 Å². The van der Waals surface area contributed by atoms with Gasteiger partial charge in [0.1, 0.15) is 0 Å². The summed E-state index contributed by atoms with van der Waals surface area (Å²) in [5, 5.41) is 6.68. The van der Waals surface area contributed by atoms with E-state index >= 15 is 0 Å². The molecule has 30 heavy (non-hydrogen) atoms. The van der Waals surface area contributed by atoms with E-state index in [9.17, 15) is 0 Å². The van der Waals surface area contributed by atoms with E-state index in [0.717, 1.165) is 36.8 Å². The lowest BCUT2D eigenvalue weighted by molar-refractivity contribution is 0.322. The molecule has 0 aliphatic rings. The molecule has 0 atom stereocenters. The first kappa shape index (κ1) is 26.2. The fraction of sp³-hybridized carbons (Fsp3) is 0.409. The van der Waals surface area contributed by atoms with Crippen LogP contribution < -0.4 is 24.8 Å². The minimum atomic E-state index is 0. The first-order chi connectivity index (χ1) is 14.2. The summed E-state index contributed by atoms with van der Waals surface area (Å²) in [7, 11) is 4.87. The molecule has 166 valence electrons. The van der Waals surface area contributed by atoms with E-state index in [-0.39, 0.29) is 24.0 Å². The van der Waals surface area contributed by atoms with Crippen LogP contribution in [0.1, 0.15) is 12.5 Å². The molecule has 2 N–H and O–H groups in total. The molecule has 0 spiro atoms. The Morgan fingerprint density at radius 2 is 1.67 bits per heavy atom. The third-order valence-corrected chi connectivity index (χ3v) is 5.20. The maximum Gasteiger partial charge on any atom is 0.203 e. The highest BCUT2D eigenvalue weighted by Crippen LogP contribution is 2.39. The molecule has 2 aromatic rings. The molecular weight excluding hydrogens is 513 g/mol. The normalized spacial score (nSPS) is 10.7. The number of ether oxygens (including phenoxy) is 3. The first-order valence-corrected chi connectivity index (χ1v) is 10.7. The average molecular weight is 545 g/mol. The van der Waals surface area contributed by atoms with Crippen molar-refractivity contribution < 1.29 is 14.2 Å². The van der Waals surface area contributed by atoms with Crippen molar-refractivity contribution in [2.24, 2.45) is 4.99 Å². The number of aliphatic imine (C=N–C) groups is 1. The number of benzene rings is 2. The zero-order valence-electron chi connectivity index (χ0n) is 18.1. The molecule has 0 aliphatic heterocycles. The highest BCUT2D eigenvalue weighted by Gasteiger charge is 2.15. The first-order valence-electron chi connectivity index (χ1n) is 9.71. The summed E-state index contributed by atoms with van der Waals surface area (Å²) < 4.78 is 16.3. The van der Waals surface area contributed by atoms with Gasteiger partial charge in [0.25, 0.3) is 0 Å². The van der Waals surface area contributed by atoms with Crippen molar-refractivity contribution in [1.29, 1.82) is 0 Å². The summed E-state index contributed by atoms with van der Waals surface area (Å²) in [5.41, 5.74) is 1.03. The second kappa shape index (κ2) is 15.1. The predicted octanol–water partition coefficient (Wildman–Crippen LogP) is 4.22. The Kier molecular flexibility index (Phi) is 13.2. The second-order valence-electron chi connectivity index (χ2n) is 6.09. The number of nitrogens with one attached hydrogen (secondary N) is 2. The number of guanidine groups is 1. The highest BCUT2D eigenvalue weighted by molar-refractivity contribution is 14.0. The number of rotatable bonds is 11. The van der Waals surface area contributed by atoms with E-state index in [1.807, 2.05) is 30.0 Å². The van der Waals surface area contributed by atoms with Gasteiger partial charge in [0.2, 0.25) is 5.75 Å². The lowest BCUT2D eigenvalue weighted by atomic mass is 10.1. The Bertz CT molecular complexity index is 776. The van der Waals surface area contributed by atoms with Crippen molar-refractivity contribution in [3.05, 3.63) is 48.0 Å². The van der Waals surface area contributed by atoms with Crippen molar-refractivity contribution >= 4 is 41.7 Å². The van der Waals surface area contributed by atoms with E-state index in [2.05, 4.69) is 46.8 Å². The minimum Gasteiger partial charge on any atom is -0.493 e. The molecule has 0 saturated heterocycles. The molecule has 0 saturated carbocycles. The highest BCUT2D eigenvalue weighted by atomic mass is 127. The predicted molar refractivity (Wildman–Crippen MR) is 136 cm³/mol.